The van der Waals surface area contributed by atoms with E-state index in [-0.39, 0.29) is 17.1 Å². The summed E-state index contributed by atoms with van der Waals surface area (Å²) in [6, 6.07) is 20.8. The normalized spacial score (nSPS) is 11.6. The van der Waals surface area contributed by atoms with Gasteiger partial charge in [-0.25, -0.2) is 0 Å². The van der Waals surface area contributed by atoms with E-state index < -0.39 is 0 Å². The van der Waals surface area contributed by atoms with Gasteiger partial charge in [-0.05, 0) is 35.4 Å². The second-order valence-corrected chi connectivity index (χ2v) is 9.61. The molecule has 0 bridgehead atoms. The molecule has 0 N–H and O–H groups in total. The Morgan fingerprint density at radius 2 is 1.59 bits per heavy atom. The smallest absolute Gasteiger partial charge is 0.165 e. The molecule has 3 aromatic rings. The maximum atomic E-state index is 12.2. The van der Waals surface area contributed by atoms with Crippen LogP contribution in [0.1, 0.15) is 49.2 Å². The van der Waals surface area contributed by atoms with Gasteiger partial charge in [0.25, 0.3) is 0 Å². The third-order valence-corrected chi connectivity index (χ3v) is 5.97. The maximum absolute atomic E-state index is 12.2. The Morgan fingerprint density at radius 1 is 0.906 bits per heavy atom. The van der Waals surface area contributed by atoms with Gasteiger partial charge in [0.2, 0.25) is 0 Å². The molecule has 5 heteroatoms. The van der Waals surface area contributed by atoms with Gasteiger partial charge in [-0.2, -0.15) is 0 Å². The van der Waals surface area contributed by atoms with Gasteiger partial charge in [-0.15, -0.1) is 0 Å². The number of halogens is 2. The van der Waals surface area contributed by atoms with Crippen molar-refractivity contribution >= 4 is 29.0 Å². The first-order valence-corrected chi connectivity index (χ1v) is 11.4. The summed E-state index contributed by atoms with van der Waals surface area (Å²) in [7, 11) is 0. The molecule has 0 aromatic heterocycles. The molecule has 0 aliphatic carbocycles. The highest BCUT2D eigenvalue weighted by Crippen LogP contribution is 2.30. The van der Waals surface area contributed by atoms with Gasteiger partial charge in [0.1, 0.15) is 11.5 Å². The summed E-state index contributed by atoms with van der Waals surface area (Å²) < 4.78 is 11.9. The quantitative estimate of drug-likeness (QED) is 0.296. The van der Waals surface area contributed by atoms with E-state index in [4.69, 9.17) is 32.7 Å². The van der Waals surface area contributed by atoms with E-state index in [0.29, 0.717) is 34.8 Å². The number of benzene rings is 3. The van der Waals surface area contributed by atoms with Crippen LogP contribution in [-0.4, -0.2) is 12.4 Å². The van der Waals surface area contributed by atoms with Crippen LogP contribution in [0, 0.1) is 5.92 Å². The molecular formula is C27H28Cl2O3. The van der Waals surface area contributed by atoms with Crippen molar-refractivity contribution in [2.45, 2.75) is 39.7 Å². The molecule has 0 saturated carbocycles. The third-order valence-electron chi connectivity index (χ3n) is 5.23. The molecule has 0 amide bonds. The Balaban J connectivity index is 1.59. The third kappa shape index (κ3) is 6.35. The summed E-state index contributed by atoms with van der Waals surface area (Å²) in [5.74, 6) is 1.48. The molecule has 0 fully saturated rings. The van der Waals surface area contributed by atoms with Crippen molar-refractivity contribution in [3.63, 3.8) is 0 Å². The predicted octanol–water partition coefficient (Wildman–Crippen LogP) is 8.12. The van der Waals surface area contributed by atoms with Crippen LogP contribution < -0.4 is 4.74 Å². The van der Waals surface area contributed by atoms with E-state index in [1.807, 2.05) is 62.4 Å². The van der Waals surface area contributed by atoms with E-state index in [2.05, 4.69) is 13.8 Å². The van der Waals surface area contributed by atoms with Crippen LogP contribution in [0.4, 0.5) is 0 Å². The molecule has 0 heterocycles. The molecule has 3 aromatic carbocycles. The maximum Gasteiger partial charge on any atom is 0.165 e. The van der Waals surface area contributed by atoms with Gasteiger partial charge in [-0.3, -0.25) is 4.79 Å². The second-order valence-electron chi connectivity index (χ2n) is 8.80. The standard InChI is InChI=1S/C27H28Cl2O3/c1-18(2)26(30)20-8-10-21(11-9-20)27(3,4)17-31-16-19-6-5-7-22(14-19)32-23-12-13-24(28)25(29)15-23/h5-15,18H,16-17H2,1-4H3. The minimum atomic E-state index is -0.187. The summed E-state index contributed by atoms with van der Waals surface area (Å²) in [6.45, 7) is 9.11. The zero-order valence-electron chi connectivity index (χ0n) is 18.8. The molecule has 0 saturated heterocycles. The summed E-state index contributed by atoms with van der Waals surface area (Å²) >= 11 is 12.0. The molecule has 0 radical (unpaired) electrons. The van der Waals surface area contributed by atoms with Crippen molar-refractivity contribution in [3.8, 4) is 11.5 Å². The monoisotopic (exact) mass is 470 g/mol. The lowest BCUT2D eigenvalue weighted by molar-refractivity contribution is 0.0824. The number of carbonyl (C=O) groups excluding carboxylic acids is 1. The van der Waals surface area contributed by atoms with Crippen LogP contribution in [0.2, 0.25) is 10.0 Å². The van der Waals surface area contributed by atoms with Crippen LogP contribution in [0.25, 0.3) is 0 Å². The lowest BCUT2D eigenvalue weighted by Crippen LogP contribution is -2.24. The van der Waals surface area contributed by atoms with E-state index >= 15 is 0 Å². The number of ether oxygens (including phenoxy) is 2. The summed E-state index contributed by atoms with van der Waals surface area (Å²) in [6.07, 6.45) is 0. The topological polar surface area (TPSA) is 35.5 Å². The molecule has 0 aliphatic heterocycles. The first-order chi connectivity index (χ1) is 15.2. The Hall–Kier alpha value is -2.33. The van der Waals surface area contributed by atoms with Gasteiger partial charge in [-0.1, -0.05) is 87.3 Å². The summed E-state index contributed by atoms with van der Waals surface area (Å²) in [5.41, 5.74) is 2.71. The number of Topliss-reactive ketones (excluding diaryl/α,β-unsaturated/α-hetero) is 1. The van der Waals surface area contributed by atoms with Gasteiger partial charge in [0.05, 0.1) is 23.3 Å². The van der Waals surface area contributed by atoms with Crippen LogP contribution >= 0.6 is 23.2 Å². The van der Waals surface area contributed by atoms with Gasteiger partial charge < -0.3 is 9.47 Å². The Labute approximate surface area is 200 Å². The van der Waals surface area contributed by atoms with Crippen molar-refractivity contribution in [1.29, 1.82) is 0 Å². The van der Waals surface area contributed by atoms with E-state index in [1.54, 1.807) is 18.2 Å². The number of hydrogen-bond donors (Lipinski definition) is 0. The van der Waals surface area contributed by atoms with Crippen molar-refractivity contribution in [2.75, 3.05) is 6.61 Å². The zero-order valence-corrected chi connectivity index (χ0v) is 20.3. The number of ketones is 1. The lowest BCUT2D eigenvalue weighted by atomic mass is 9.84. The Bertz CT molecular complexity index is 1070. The number of hydrogen-bond acceptors (Lipinski definition) is 3. The van der Waals surface area contributed by atoms with E-state index in [1.165, 1.54) is 0 Å². The minimum Gasteiger partial charge on any atom is -0.457 e. The van der Waals surface area contributed by atoms with E-state index in [9.17, 15) is 4.79 Å². The molecule has 0 aliphatic rings. The highest BCUT2D eigenvalue weighted by molar-refractivity contribution is 6.42. The molecule has 0 atom stereocenters. The SMILES string of the molecule is CC(C)C(=O)c1ccc(C(C)(C)COCc2cccc(Oc3ccc(Cl)c(Cl)c3)c2)cc1. The fourth-order valence-electron chi connectivity index (χ4n) is 3.30. The Morgan fingerprint density at radius 3 is 2.25 bits per heavy atom. The fraction of sp³-hybridized carbons (Fsp3) is 0.296. The average Bonchev–Trinajstić information content (AvgIpc) is 2.76. The van der Waals surface area contributed by atoms with Crippen LogP contribution in [0.15, 0.2) is 66.7 Å². The minimum absolute atomic E-state index is 0.00591. The van der Waals surface area contributed by atoms with Crippen molar-refractivity contribution in [2.24, 2.45) is 5.92 Å². The fourth-order valence-corrected chi connectivity index (χ4v) is 3.59. The molecule has 3 nitrogen and oxygen atoms in total. The summed E-state index contributed by atoms with van der Waals surface area (Å²) in [5, 5.41) is 0.942. The highest BCUT2D eigenvalue weighted by Gasteiger charge is 2.22. The van der Waals surface area contributed by atoms with Gasteiger partial charge in [0, 0.05) is 23.0 Å². The largest absolute Gasteiger partial charge is 0.457 e. The zero-order chi connectivity index (χ0) is 23.3. The first kappa shape index (κ1) is 24.3. The van der Waals surface area contributed by atoms with Crippen molar-refractivity contribution < 1.29 is 14.3 Å². The molecule has 0 spiro atoms. The Kier molecular flexibility index (Phi) is 8.00. The first-order valence-electron chi connectivity index (χ1n) is 10.6. The van der Waals surface area contributed by atoms with Crippen molar-refractivity contribution in [3.05, 3.63) is 93.5 Å². The van der Waals surface area contributed by atoms with Gasteiger partial charge >= 0.3 is 0 Å². The molecule has 32 heavy (non-hydrogen) atoms. The van der Waals surface area contributed by atoms with Gasteiger partial charge in [0.15, 0.2) is 5.78 Å². The predicted molar refractivity (Wildman–Crippen MR) is 131 cm³/mol. The molecular weight excluding hydrogens is 443 g/mol. The molecule has 3 rings (SSSR count). The van der Waals surface area contributed by atoms with E-state index in [0.717, 1.165) is 16.7 Å². The molecule has 168 valence electrons. The second kappa shape index (κ2) is 10.5. The highest BCUT2D eigenvalue weighted by atomic mass is 35.5. The van der Waals surface area contributed by atoms with Crippen LogP contribution in [0.5, 0.6) is 11.5 Å². The average molecular weight is 471 g/mol. The number of carbonyl (C=O) groups is 1. The lowest BCUT2D eigenvalue weighted by Gasteiger charge is -2.25. The summed E-state index contributed by atoms with van der Waals surface area (Å²) in [4.78, 5) is 12.2. The van der Waals surface area contributed by atoms with Crippen LogP contribution in [-0.2, 0) is 16.8 Å². The van der Waals surface area contributed by atoms with Crippen molar-refractivity contribution in [1.82, 2.24) is 0 Å². The number of rotatable bonds is 9. The molecule has 0 unspecified atom stereocenters. The van der Waals surface area contributed by atoms with Crippen LogP contribution in [0.3, 0.4) is 0 Å².